The summed E-state index contributed by atoms with van der Waals surface area (Å²) < 4.78 is 1.99. The number of aromatic hydroxyl groups is 1. The van der Waals surface area contributed by atoms with Gasteiger partial charge in [0.25, 0.3) is 0 Å². The molecule has 0 fully saturated rings. The number of phenols is 1. The van der Waals surface area contributed by atoms with Crippen LogP contribution < -0.4 is 9.46 Å². The summed E-state index contributed by atoms with van der Waals surface area (Å²) in [7, 11) is 0. The fourth-order valence-electron chi connectivity index (χ4n) is 2.25. The monoisotopic (exact) mass is 258 g/mol. The van der Waals surface area contributed by atoms with Crippen molar-refractivity contribution >= 4 is 22.1 Å². The average Bonchev–Trinajstić information content (AvgIpc) is 2.38. The van der Waals surface area contributed by atoms with Gasteiger partial charge in [0, 0.05) is 27.7 Å². The molecule has 0 aliphatic rings. The number of aryl methyl sites for hydroxylation is 2. The molecule has 3 N–H and O–H groups in total. The van der Waals surface area contributed by atoms with Gasteiger partial charge in [-0.15, -0.1) is 0 Å². The molecule has 3 rings (SSSR count). The first-order chi connectivity index (χ1) is 8.99. The average molecular weight is 258 g/mol. The zero-order chi connectivity index (χ0) is 13.7. The van der Waals surface area contributed by atoms with Gasteiger partial charge < -0.3 is 5.11 Å². The minimum atomic E-state index is 0.0264. The summed E-state index contributed by atoms with van der Waals surface area (Å²) in [6.07, 6.45) is 0. The first-order valence-electron chi connectivity index (χ1n) is 5.91. The van der Waals surface area contributed by atoms with E-state index in [-0.39, 0.29) is 5.75 Å². The Morgan fingerprint density at radius 1 is 0.737 bits per heavy atom. The van der Waals surface area contributed by atoms with Crippen LogP contribution in [0.2, 0.25) is 0 Å². The molecule has 3 aromatic rings. The van der Waals surface area contributed by atoms with E-state index in [1.807, 2.05) is 19.9 Å². The van der Waals surface area contributed by atoms with Crippen LogP contribution >= 0.6 is 0 Å². The Balaban J connectivity index is 2.60. The van der Waals surface area contributed by atoms with E-state index in [1.54, 1.807) is 12.1 Å². The Kier molecular flexibility index (Phi) is 2.25. The molecule has 0 bridgehead atoms. The number of rotatable bonds is 0. The Labute approximate surface area is 109 Å². The van der Waals surface area contributed by atoms with Gasteiger partial charge in [0.1, 0.15) is 5.75 Å². The second kappa shape index (κ2) is 3.71. The summed E-state index contributed by atoms with van der Waals surface area (Å²) in [5, 5.41) is 30.0. The molecule has 0 saturated heterocycles. The minimum absolute atomic E-state index is 0.0264. The second-order valence-electron chi connectivity index (χ2n) is 4.72. The number of nitrogens with zero attached hydrogens (tertiary/aromatic N) is 2. The van der Waals surface area contributed by atoms with E-state index in [2.05, 4.69) is 0 Å². The molecule has 0 aliphatic carbocycles. The van der Waals surface area contributed by atoms with Crippen molar-refractivity contribution in [3.05, 3.63) is 41.5 Å². The first kappa shape index (κ1) is 11.5. The van der Waals surface area contributed by atoms with Crippen molar-refractivity contribution in [3.8, 4) is 5.75 Å². The molecule has 2 aromatic carbocycles. The molecule has 0 atom stereocenters. The van der Waals surface area contributed by atoms with Gasteiger partial charge in [0.2, 0.25) is 0 Å². The van der Waals surface area contributed by atoms with Gasteiger partial charge in [-0.1, -0.05) is 0 Å². The van der Waals surface area contributed by atoms with Gasteiger partial charge in [-0.2, -0.15) is 0 Å². The van der Waals surface area contributed by atoms with Crippen LogP contribution in [0.1, 0.15) is 11.1 Å². The largest absolute Gasteiger partial charge is 0.508 e. The third-order valence-corrected chi connectivity index (χ3v) is 3.46. The third kappa shape index (κ3) is 1.55. The van der Waals surface area contributed by atoms with Gasteiger partial charge in [0.15, 0.2) is 0 Å². The maximum absolute atomic E-state index is 10.3. The highest BCUT2D eigenvalue weighted by Crippen LogP contribution is 2.19. The smallest absolute Gasteiger partial charge is 0.337 e. The topological polar surface area (TPSA) is 68.5 Å². The van der Waals surface area contributed by atoms with Crippen molar-refractivity contribution < 1.29 is 25.0 Å². The van der Waals surface area contributed by atoms with E-state index in [9.17, 15) is 15.5 Å². The van der Waals surface area contributed by atoms with Crippen LogP contribution in [0.3, 0.4) is 0 Å². The summed E-state index contributed by atoms with van der Waals surface area (Å²) in [6, 6.07) is 8.01. The standard InChI is InChI=1S/C14H13N2O3/c1-8-5-12-13(6-9(8)2)16(19)14-7-10(17)3-4-11(14)15(12)18/h3-7,19H,1-2H3,(H,17,18)/q+1/p+1. The molecule has 1 heterocycles. The fourth-order valence-corrected chi connectivity index (χ4v) is 2.25. The normalized spacial score (nSPS) is 11.3. The molecular weight excluding hydrogens is 244 g/mol. The van der Waals surface area contributed by atoms with Crippen LogP contribution in [0.15, 0.2) is 30.3 Å². The lowest BCUT2D eigenvalue weighted by molar-refractivity contribution is -0.894. The summed E-state index contributed by atoms with van der Waals surface area (Å²) >= 11 is 0. The number of hydrogen-bond donors (Lipinski definition) is 3. The highest BCUT2D eigenvalue weighted by molar-refractivity contribution is 5.77. The molecule has 0 saturated carbocycles. The molecule has 1 aromatic heterocycles. The van der Waals surface area contributed by atoms with Crippen LogP contribution in [0.4, 0.5) is 0 Å². The number of aromatic nitrogens is 2. The quantitative estimate of drug-likeness (QED) is 0.324. The van der Waals surface area contributed by atoms with Crippen molar-refractivity contribution in [1.29, 1.82) is 0 Å². The van der Waals surface area contributed by atoms with E-state index in [0.717, 1.165) is 20.6 Å². The first-order valence-corrected chi connectivity index (χ1v) is 5.91. The van der Waals surface area contributed by atoms with Crippen molar-refractivity contribution in [2.24, 2.45) is 0 Å². The van der Waals surface area contributed by atoms with Gasteiger partial charge in [-0.25, -0.2) is 0 Å². The zero-order valence-electron chi connectivity index (χ0n) is 10.6. The highest BCUT2D eigenvalue weighted by Gasteiger charge is 2.29. The Hall–Kier alpha value is -2.56. The van der Waals surface area contributed by atoms with Gasteiger partial charge in [-0.05, 0) is 31.0 Å². The second-order valence-corrected chi connectivity index (χ2v) is 4.72. The zero-order valence-corrected chi connectivity index (χ0v) is 10.6. The summed E-state index contributed by atoms with van der Waals surface area (Å²) in [5.74, 6) is 0.0264. The van der Waals surface area contributed by atoms with E-state index < -0.39 is 0 Å². The van der Waals surface area contributed by atoms with Crippen LogP contribution in [0, 0.1) is 13.8 Å². The van der Waals surface area contributed by atoms with Gasteiger partial charge in [0.05, 0.1) is 6.07 Å². The lowest BCUT2D eigenvalue weighted by Crippen LogP contribution is -2.42. The van der Waals surface area contributed by atoms with E-state index in [1.165, 1.54) is 12.1 Å². The van der Waals surface area contributed by atoms with Crippen LogP contribution in [0.25, 0.3) is 22.1 Å². The minimum Gasteiger partial charge on any atom is -0.508 e. The van der Waals surface area contributed by atoms with Gasteiger partial charge in [-0.3, -0.25) is 10.4 Å². The Morgan fingerprint density at radius 3 is 1.79 bits per heavy atom. The number of fused-ring (bicyclic) bond motifs is 2. The number of hydrogen-bond acceptors (Lipinski definition) is 3. The molecule has 0 spiro atoms. The Bertz CT molecular complexity index is 828. The highest BCUT2D eigenvalue weighted by atomic mass is 16.5. The van der Waals surface area contributed by atoms with E-state index in [0.29, 0.717) is 22.1 Å². The molecule has 0 unspecified atom stereocenters. The maximum Gasteiger partial charge on any atom is 0.337 e. The summed E-state index contributed by atoms with van der Waals surface area (Å²) in [6.45, 7) is 3.88. The van der Waals surface area contributed by atoms with Crippen molar-refractivity contribution in [1.82, 2.24) is 0 Å². The molecule has 19 heavy (non-hydrogen) atoms. The third-order valence-electron chi connectivity index (χ3n) is 3.46. The van der Waals surface area contributed by atoms with Gasteiger partial charge >= 0.3 is 22.1 Å². The molecule has 0 aliphatic heterocycles. The van der Waals surface area contributed by atoms with Crippen molar-refractivity contribution in [2.75, 3.05) is 0 Å². The predicted octanol–water partition coefficient (Wildman–Crippen LogP) is 1.37. The molecule has 96 valence electrons. The number of benzene rings is 2. The lowest BCUT2D eigenvalue weighted by Gasteiger charge is -2.00. The summed E-state index contributed by atoms with van der Waals surface area (Å²) in [5.41, 5.74) is 3.75. The molecule has 0 radical (unpaired) electrons. The fraction of sp³-hybridized carbons (Fsp3) is 0.143. The molecule has 5 heteroatoms. The van der Waals surface area contributed by atoms with Crippen LogP contribution in [-0.2, 0) is 0 Å². The maximum atomic E-state index is 10.3. The van der Waals surface area contributed by atoms with Crippen molar-refractivity contribution in [3.63, 3.8) is 0 Å². The Morgan fingerprint density at radius 2 is 1.21 bits per heavy atom. The number of phenolic OH excluding ortho intramolecular Hbond substituents is 1. The molecular formula is C14H14N2O3+2. The van der Waals surface area contributed by atoms with Crippen molar-refractivity contribution in [2.45, 2.75) is 13.8 Å². The molecule has 5 nitrogen and oxygen atoms in total. The summed E-state index contributed by atoms with van der Waals surface area (Å²) in [4.78, 5) is 0. The van der Waals surface area contributed by atoms with E-state index in [4.69, 9.17) is 0 Å². The van der Waals surface area contributed by atoms with Crippen LogP contribution in [-0.4, -0.2) is 15.5 Å². The molecule has 0 amide bonds. The predicted molar refractivity (Wildman–Crippen MR) is 67.4 cm³/mol. The SMILES string of the molecule is Cc1cc2c(cc1C)[n+](O)c1cc(O)ccc1[n+]2O. The lowest BCUT2D eigenvalue weighted by atomic mass is 10.1. The van der Waals surface area contributed by atoms with E-state index >= 15 is 0 Å². The van der Waals surface area contributed by atoms with Crippen LogP contribution in [0.5, 0.6) is 5.75 Å².